The number of methoxy groups -OCH3 is 1. The van der Waals surface area contributed by atoms with Gasteiger partial charge in [0.05, 0.1) is 11.3 Å². The van der Waals surface area contributed by atoms with E-state index < -0.39 is 0 Å². The molecule has 1 atom stereocenters. The van der Waals surface area contributed by atoms with Crippen molar-refractivity contribution >= 4 is 0 Å². The fourth-order valence-corrected chi connectivity index (χ4v) is 1.54. The average molecular weight is 223 g/mol. The minimum Gasteiger partial charge on any atom is -0.379 e. The Bertz CT molecular complexity index is 300. The van der Waals surface area contributed by atoms with Crippen molar-refractivity contribution in [3.8, 4) is 0 Å². The fourth-order valence-electron chi connectivity index (χ4n) is 1.54. The molecule has 1 aromatic heterocycles. The van der Waals surface area contributed by atoms with E-state index in [4.69, 9.17) is 4.74 Å². The summed E-state index contributed by atoms with van der Waals surface area (Å²) in [5, 5.41) is 3.27. The van der Waals surface area contributed by atoms with Crippen LogP contribution in [0.1, 0.15) is 38.4 Å². The van der Waals surface area contributed by atoms with E-state index in [2.05, 4.69) is 29.1 Å². The number of nitrogens with zero attached hydrogens (tertiary/aromatic N) is 2. The van der Waals surface area contributed by atoms with Crippen LogP contribution in [0.25, 0.3) is 0 Å². The zero-order valence-electron chi connectivity index (χ0n) is 10.5. The third kappa shape index (κ3) is 3.87. The van der Waals surface area contributed by atoms with Gasteiger partial charge in [0.1, 0.15) is 6.33 Å². The molecule has 0 fully saturated rings. The van der Waals surface area contributed by atoms with Gasteiger partial charge in [0.2, 0.25) is 0 Å². The highest BCUT2D eigenvalue weighted by Crippen LogP contribution is 2.22. The van der Waals surface area contributed by atoms with E-state index in [0.717, 1.165) is 18.5 Å². The van der Waals surface area contributed by atoms with Gasteiger partial charge in [-0.2, -0.15) is 0 Å². The molecule has 1 aromatic rings. The first-order valence-corrected chi connectivity index (χ1v) is 5.57. The van der Waals surface area contributed by atoms with Crippen LogP contribution in [0, 0.1) is 0 Å². The van der Waals surface area contributed by atoms with Crippen LogP contribution in [0.3, 0.4) is 0 Å². The van der Waals surface area contributed by atoms with Gasteiger partial charge in [-0.3, -0.25) is 0 Å². The Kier molecular flexibility index (Phi) is 4.83. The Morgan fingerprint density at radius 1 is 1.50 bits per heavy atom. The Balaban J connectivity index is 2.57. The van der Waals surface area contributed by atoms with E-state index in [-0.39, 0.29) is 11.6 Å². The van der Waals surface area contributed by atoms with Crippen molar-refractivity contribution in [2.24, 2.45) is 0 Å². The summed E-state index contributed by atoms with van der Waals surface area (Å²) in [7, 11) is 3.70. The fraction of sp³-hybridized carbons (Fsp3) is 0.667. The second-order valence-corrected chi connectivity index (χ2v) is 4.48. The molecule has 0 aliphatic heterocycles. The molecule has 0 aliphatic rings. The molecule has 16 heavy (non-hydrogen) atoms. The molecule has 1 N–H and O–H groups in total. The summed E-state index contributed by atoms with van der Waals surface area (Å²) in [6.45, 7) is 4.19. The van der Waals surface area contributed by atoms with Crippen LogP contribution in [0.15, 0.2) is 18.6 Å². The monoisotopic (exact) mass is 223 g/mol. The first-order valence-electron chi connectivity index (χ1n) is 5.57. The quantitative estimate of drug-likeness (QED) is 0.800. The second kappa shape index (κ2) is 5.92. The minimum atomic E-state index is -0.0812. The summed E-state index contributed by atoms with van der Waals surface area (Å²) in [4.78, 5) is 8.19. The number of hydrogen-bond acceptors (Lipinski definition) is 4. The Morgan fingerprint density at radius 3 is 2.75 bits per heavy atom. The lowest BCUT2D eigenvalue weighted by atomic mass is 9.97. The standard InChI is InChI=1S/C12H21N3O/c1-12(2,16-4)7-5-10(13-3)11-6-8-14-9-15-11/h6,8-10,13H,5,7H2,1-4H3. The van der Waals surface area contributed by atoms with Crippen molar-refractivity contribution in [3.63, 3.8) is 0 Å². The number of nitrogens with one attached hydrogen (secondary N) is 1. The maximum Gasteiger partial charge on any atom is 0.115 e. The maximum absolute atomic E-state index is 5.41. The van der Waals surface area contributed by atoms with Crippen LogP contribution in [0.2, 0.25) is 0 Å². The van der Waals surface area contributed by atoms with E-state index in [1.165, 1.54) is 0 Å². The van der Waals surface area contributed by atoms with Crippen LogP contribution < -0.4 is 5.32 Å². The third-order valence-electron chi connectivity index (χ3n) is 2.90. The molecule has 0 bridgehead atoms. The van der Waals surface area contributed by atoms with Crippen molar-refractivity contribution in [1.29, 1.82) is 0 Å². The van der Waals surface area contributed by atoms with Gasteiger partial charge in [-0.25, -0.2) is 9.97 Å². The van der Waals surface area contributed by atoms with Crippen molar-refractivity contribution in [2.75, 3.05) is 14.2 Å². The normalized spacial score (nSPS) is 13.8. The molecular formula is C12H21N3O. The topological polar surface area (TPSA) is 47.0 Å². The van der Waals surface area contributed by atoms with Gasteiger partial charge in [-0.05, 0) is 39.8 Å². The molecule has 4 nitrogen and oxygen atoms in total. The van der Waals surface area contributed by atoms with Crippen LogP contribution in [-0.2, 0) is 4.74 Å². The molecule has 1 heterocycles. The highest BCUT2D eigenvalue weighted by atomic mass is 16.5. The molecule has 0 aromatic carbocycles. The van der Waals surface area contributed by atoms with Gasteiger partial charge in [0, 0.05) is 19.3 Å². The minimum absolute atomic E-state index is 0.0812. The highest BCUT2D eigenvalue weighted by Gasteiger charge is 2.19. The van der Waals surface area contributed by atoms with Gasteiger partial charge in [-0.1, -0.05) is 0 Å². The molecule has 1 rings (SSSR count). The van der Waals surface area contributed by atoms with E-state index >= 15 is 0 Å². The Labute approximate surface area is 97.5 Å². The molecular weight excluding hydrogens is 202 g/mol. The molecule has 0 radical (unpaired) electrons. The predicted octanol–water partition coefficient (Wildman–Crippen LogP) is 1.94. The molecule has 4 heteroatoms. The van der Waals surface area contributed by atoms with Crippen molar-refractivity contribution in [1.82, 2.24) is 15.3 Å². The van der Waals surface area contributed by atoms with E-state index in [9.17, 15) is 0 Å². The molecule has 0 aliphatic carbocycles. The van der Waals surface area contributed by atoms with Crippen LogP contribution in [0.4, 0.5) is 0 Å². The van der Waals surface area contributed by atoms with Crippen LogP contribution in [0.5, 0.6) is 0 Å². The zero-order chi connectivity index (χ0) is 12.0. The summed E-state index contributed by atoms with van der Waals surface area (Å²) in [6, 6.07) is 2.21. The van der Waals surface area contributed by atoms with E-state index in [1.807, 2.05) is 13.1 Å². The lowest BCUT2D eigenvalue weighted by Crippen LogP contribution is -2.26. The summed E-state index contributed by atoms with van der Waals surface area (Å²) in [5.41, 5.74) is 0.951. The zero-order valence-corrected chi connectivity index (χ0v) is 10.5. The van der Waals surface area contributed by atoms with E-state index in [0.29, 0.717) is 0 Å². The van der Waals surface area contributed by atoms with Crippen molar-refractivity contribution in [2.45, 2.75) is 38.3 Å². The molecule has 0 saturated heterocycles. The van der Waals surface area contributed by atoms with Crippen LogP contribution in [-0.4, -0.2) is 29.7 Å². The number of rotatable bonds is 6. The second-order valence-electron chi connectivity index (χ2n) is 4.48. The Morgan fingerprint density at radius 2 is 2.25 bits per heavy atom. The average Bonchev–Trinajstić information content (AvgIpc) is 2.31. The van der Waals surface area contributed by atoms with Crippen molar-refractivity contribution in [3.05, 3.63) is 24.3 Å². The first kappa shape index (κ1) is 13.1. The number of aromatic nitrogens is 2. The lowest BCUT2D eigenvalue weighted by molar-refractivity contribution is 0.0117. The van der Waals surface area contributed by atoms with Gasteiger partial charge < -0.3 is 10.1 Å². The molecule has 90 valence electrons. The largest absolute Gasteiger partial charge is 0.379 e. The third-order valence-corrected chi connectivity index (χ3v) is 2.90. The van der Waals surface area contributed by atoms with Gasteiger partial charge >= 0.3 is 0 Å². The number of hydrogen-bond donors (Lipinski definition) is 1. The smallest absolute Gasteiger partial charge is 0.115 e. The molecule has 0 amide bonds. The molecule has 1 unspecified atom stereocenters. The molecule has 0 saturated carbocycles. The first-order chi connectivity index (χ1) is 7.59. The van der Waals surface area contributed by atoms with Crippen molar-refractivity contribution < 1.29 is 4.74 Å². The van der Waals surface area contributed by atoms with Crippen LogP contribution >= 0.6 is 0 Å². The predicted molar refractivity (Wildman–Crippen MR) is 64.2 cm³/mol. The van der Waals surface area contributed by atoms with E-state index in [1.54, 1.807) is 19.6 Å². The van der Waals surface area contributed by atoms with Gasteiger partial charge in [0.25, 0.3) is 0 Å². The maximum atomic E-state index is 5.41. The highest BCUT2D eigenvalue weighted by molar-refractivity contribution is 5.04. The van der Waals surface area contributed by atoms with Gasteiger partial charge in [-0.15, -0.1) is 0 Å². The molecule has 0 spiro atoms. The lowest BCUT2D eigenvalue weighted by Gasteiger charge is -2.25. The summed E-state index contributed by atoms with van der Waals surface area (Å²) >= 11 is 0. The summed E-state index contributed by atoms with van der Waals surface area (Å²) < 4.78 is 5.41. The SMILES string of the molecule is CNC(CCC(C)(C)OC)c1ccncn1. The summed E-state index contributed by atoms with van der Waals surface area (Å²) in [5.74, 6) is 0. The van der Waals surface area contributed by atoms with Gasteiger partial charge in [0.15, 0.2) is 0 Å². The number of ether oxygens (including phenoxy) is 1. The summed E-state index contributed by atoms with van der Waals surface area (Å²) in [6.07, 6.45) is 5.34. The Hall–Kier alpha value is -1.00.